The molecular weight excluding hydrogens is 252 g/mol. The Kier molecular flexibility index (Phi) is 3.02. The van der Waals surface area contributed by atoms with E-state index in [1.54, 1.807) is 0 Å². The van der Waals surface area contributed by atoms with Crippen LogP contribution in [0, 0.1) is 5.92 Å². The smallest absolute Gasteiger partial charge is 0.274 e. The summed E-state index contributed by atoms with van der Waals surface area (Å²) in [4.78, 5) is 15.0. The number of aromatic amines is 1. The molecule has 3 aliphatic rings. The second kappa shape index (κ2) is 4.88. The molecule has 20 heavy (non-hydrogen) atoms. The van der Waals surface area contributed by atoms with E-state index >= 15 is 0 Å². The zero-order chi connectivity index (χ0) is 13.5. The van der Waals surface area contributed by atoms with Crippen LogP contribution in [0.3, 0.4) is 0 Å². The lowest BCUT2D eigenvalue weighted by Gasteiger charge is -2.37. The summed E-state index contributed by atoms with van der Waals surface area (Å²) in [6, 6.07) is 0.472. The predicted molar refractivity (Wildman–Crippen MR) is 75.4 cm³/mol. The molecule has 108 valence electrons. The number of nitrogens with one attached hydrogen (secondary N) is 2. The maximum atomic E-state index is 12.9. The van der Waals surface area contributed by atoms with Gasteiger partial charge in [0.05, 0.1) is 0 Å². The highest BCUT2D eigenvalue weighted by atomic mass is 16.2. The first-order valence-corrected chi connectivity index (χ1v) is 7.92. The third kappa shape index (κ3) is 1.87. The second-order valence-corrected chi connectivity index (χ2v) is 6.36. The van der Waals surface area contributed by atoms with Gasteiger partial charge in [0.2, 0.25) is 0 Å². The van der Waals surface area contributed by atoms with Crippen LogP contribution in [0.2, 0.25) is 0 Å². The van der Waals surface area contributed by atoms with Gasteiger partial charge in [-0.1, -0.05) is 6.42 Å². The number of rotatable bonds is 1. The number of aromatic nitrogens is 2. The average Bonchev–Trinajstić information content (AvgIpc) is 3.12. The van der Waals surface area contributed by atoms with Gasteiger partial charge in [0.25, 0.3) is 5.91 Å². The molecule has 1 amide bonds. The highest BCUT2D eigenvalue weighted by Crippen LogP contribution is 2.37. The van der Waals surface area contributed by atoms with Crippen LogP contribution in [-0.2, 0) is 13.0 Å². The van der Waals surface area contributed by atoms with Crippen LogP contribution >= 0.6 is 0 Å². The van der Waals surface area contributed by atoms with Crippen molar-refractivity contribution in [1.29, 1.82) is 0 Å². The topological polar surface area (TPSA) is 61.0 Å². The lowest BCUT2D eigenvalue weighted by Crippen LogP contribution is -2.46. The fourth-order valence-electron chi connectivity index (χ4n) is 4.24. The van der Waals surface area contributed by atoms with E-state index < -0.39 is 0 Å². The van der Waals surface area contributed by atoms with E-state index in [1.807, 2.05) is 0 Å². The number of amides is 1. The molecule has 1 saturated heterocycles. The number of hydrogen-bond acceptors (Lipinski definition) is 3. The van der Waals surface area contributed by atoms with Gasteiger partial charge in [0, 0.05) is 43.4 Å². The van der Waals surface area contributed by atoms with Crippen LogP contribution in [0.15, 0.2) is 0 Å². The highest BCUT2D eigenvalue weighted by Gasteiger charge is 2.39. The number of fused-ring (bicyclic) bond motifs is 2. The van der Waals surface area contributed by atoms with Crippen molar-refractivity contribution >= 4 is 5.91 Å². The predicted octanol–water partition coefficient (Wildman–Crippen LogP) is 1.46. The Morgan fingerprint density at radius 1 is 1.25 bits per heavy atom. The van der Waals surface area contributed by atoms with Crippen LogP contribution in [0.25, 0.3) is 0 Å². The molecule has 2 N–H and O–H groups in total. The third-order valence-corrected chi connectivity index (χ3v) is 5.26. The Hall–Kier alpha value is -1.36. The summed E-state index contributed by atoms with van der Waals surface area (Å²) >= 11 is 0. The minimum atomic E-state index is 0.155. The van der Waals surface area contributed by atoms with E-state index in [0.717, 1.165) is 49.7 Å². The molecule has 5 nitrogen and oxygen atoms in total. The van der Waals surface area contributed by atoms with E-state index in [-0.39, 0.29) is 5.91 Å². The fourth-order valence-corrected chi connectivity index (χ4v) is 4.24. The zero-order valence-corrected chi connectivity index (χ0v) is 11.8. The van der Waals surface area contributed by atoms with Crippen LogP contribution in [-0.4, -0.2) is 40.1 Å². The van der Waals surface area contributed by atoms with Crippen molar-refractivity contribution in [2.75, 3.05) is 13.1 Å². The minimum Gasteiger partial charge on any atom is -0.334 e. The molecule has 1 aromatic heterocycles. The van der Waals surface area contributed by atoms with Crippen LogP contribution in [0.4, 0.5) is 0 Å². The molecule has 0 radical (unpaired) electrons. The van der Waals surface area contributed by atoms with Gasteiger partial charge in [0.1, 0.15) is 0 Å². The van der Waals surface area contributed by atoms with Gasteiger partial charge in [-0.2, -0.15) is 5.10 Å². The number of hydrogen-bond donors (Lipinski definition) is 2. The first-order valence-electron chi connectivity index (χ1n) is 7.92. The number of nitrogens with zero attached hydrogens (tertiary/aromatic N) is 2. The molecule has 0 aromatic carbocycles. The van der Waals surface area contributed by atoms with Gasteiger partial charge < -0.3 is 10.2 Å². The second-order valence-electron chi connectivity index (χ2n) is 6.36. The highest BCUT2D eigenvalue weighted by molar-refractivity contribution is 5.94. The number of piperidine rings is 1. The molecule has 5 heteroatoms. The molecule has 1 aliphatic carbocycles. The Labute approximate surface area is 119 Å². The molecule has 2 aliphatic heterocycles. The Morgan fingerprint density at radius 2 is 2.15 bits per heavy atom. The van der Waals surface area contributed by atoms with Crippen molar-refractivity contribution in [1.82, 2.24) is 20.4 Å². The van der Waals surface area contributed by atoms with Crippen LogP contribution in [0.5, 0.6) is 0 Å². The molecule has 0 bridgehead atoms. The zero-order valence-electron chi connectivity index (χ0n) is 11.8. The Bertz CT molecular complexity index is 524. The van der Waals surface area contributed by atoms with Gasteiger partial charge in [0.15, 0.2) is 5.69 Å². The molecular formula is C15H22N4O. The van der Waals surface area contributed by atoms with Crippen molar-refractivity contribution in [2.45, 2.75) is 51.1 Å². The van der Waals surface area contributed by atoms with Gasteiger partial charge in [-0.3, -0.25) is 9.89 Å². The Morgan fingerprint density at radius 3 is 3.10 bits per heavy atom. The Balaban J connectivity index is 1.61. The van der Waals surface area contributed by atoms with E-state index in [1.165, 1.54) is 25.7 Å². The lowest BCUT2D eigenvalue weighted by molar-refractivity contribution is 0.0541. The summed E-state index contributed by atoms with van der Waals surface area (Å²) in [5, 5.41) is 10.7. The fraction of sp³-hybridized carbons (Fsp3) is 0.733. The summed E-state index contributed by atoms with van der Waals surface area (Å²) in [5.41, 5.74) is 2.91. The van der Waals surface area contributed by atoms with Crippen molar-refractivity contribution in [3.63, 3.8) is 0 Å². The summed E-state index contributed by atoms with van der Waals surface area (Å²) < 4.78 is 0. The maximum absolute atomic E-state index is 12.9. The van der Waals surface area contributed by atoms with Crippen LogP contribution in [0.1, 0.15) is 53.8 Å². The number of H-pyrrole nitrogens is 1. The summed E-state index contributed by atoms with van der Waals surface area (Å²) in [5.74, 6) is 0.892. The molecule has 3 heterocycles. The number of likely N-dealkylation sites (tertiary alicyclic amines) is 1. The molecule has 2 fully saturated rings. The lowest BCUT2D eigenvalue weighted by atomic mass is 9.91. The average molecular weight is 274 g/mol. The van der Waals surface area contributed by atoms with Crippen LogP contribution < -0.4 is 5.32 Å². The van der Waals surface area contributed by atoms with E-state index in [0.29, 0.717) is 11.7 Å². The number of carbonyl (C=O) groups is 1. The van der Waals surface area contributed by atoms with Crippen molar-refractivity contribution in [3.05, 3.63) is 17.0 Å². The molecule has 1 aromatic rings. The SMILES string of the molecule is O=C(c1n[nH]c2c1CNCC2)N1CCCC2CCCC21. The minimum absolute atomic E-state index is 0.155. The first-order chi connectivity index (χ1) is 9.84. The summed E-state index contributed by atoms with van der Waals surface area (Å²) in [6.07, 6.45) is 7.16. The van der Waals surface area contributed by atoms with Crippen molar-refractivity contribution in [3.8, 4) is 0 Å². The van der Waals surface area contributed by atoms with Gasteiger partial charge >= 0.3 is 0 Å². The largest absolute Gasteiger partial charge is 0.334 e. The molecule has 0 spiro atoms. The van der Waals surface area contributed by atoms with E-state index in [4.69, 9.17) is 0 Å². The van der Waals surface area contributed by atoms with Gasteiger partial charge in [-0.25, -0.2) is 0 Å². The summed E-state index contributed by atoms with van der Waals surface area (Å²) in [7, 11) is 0. The monoisotopic (exact) mass is 274 g/mol. The standard InChI is InChI=1S/C15H22N4O/c20-15(14-11-9-16-7-6-12(11)17-18-14)19-8-2-4-10-3-1-5-13(10)19/h10,13,16H,1-9H2,(H,17,18). The molecule has 2 atom stereocenters. The molecule has 1 saturated carbocycles. The van der Waals surface area contributed by atoms with Crippen molar-refractivity contribution < 1.29 is 4.79 Å². The van der Waals surface area contributed by atoms with Gasteiger partial charge in [-0.15, -0.1) is 0 Å². The normalized spacial score (nSPS) is 29.1. The first kappa shape index (κ1) is 12.4. The molecule has 4 rings (SSSR count). The van der Waals surface area contributed by atoms with Crippen molar-refractivity contribution in [2.24, 2.45) is 5.92 Å². The summed E-state index contributed by atoms with van der Waals surface area (Å²) in [6.45, 7) is 2.65. The third-order valence-electron chi connectivity index (χ3n) is 5.26. The quantitative estimate of drug-likeness (QED) is 0.815. The number of carbonyl (C=O) groups excluding carboxylic acids is 1. The van der Waals surface area contributed by atoms with E-state index in [9.17, 15) is 4.79 Å². The molecule has 2 unspecified atom stereocenters. The maximum Gasteiger partial charge on any atom is 0.274 e. The van der Waals surface area contributed by atoms with E-state index in [2.05, 4.69) is 20.4 Å². The van der Waals surface area contributed by atoms with Gasteiger partial charge in [-0.05, 0) is 31.6 Å².